The lowest BCUT2D eigenvalue weighted by atomic mass is 9.84. The minimum atomic E-state index is -1.04. The highest BCUT2D eigenvalue weighted by Crippen LogP contribution is 2.38. The lowest BCUT2D eigenvalue weighted by Crippen LogP contribution is -2.95. The first kappa shape index (κ1) is 24.6. The SMILES string of the molecule is COc1ccc([C@H]2[NH2+][C@H](C(=O)[O-])Cc3c2[nH]c2ccccc32)cc1COc1ccccc1C1CCCCC1. The fraction of sp³-hybridized carbons (Fsp3) is 0.344. The number of hydrogen-bond donors (Lipinski definition) is 2. The predicted molar refractivity (Wildman–Crippen MR) is 144 cm³/mol. The number of nitrogens with two attached hydrogens (primary N) is 1. The van der Waals surface area contributed by atoms with Crippen molar-refractivity contribution < 1.29 is 24.7 Å². The Morgan fingerprint density at radius 1 is 1.00 bits per heavy atom. The number of para-hydroxylation sites is 2. The first-order valence-electron chi connectivity index (χ1n) is 13.7. The van der Waals surface area contributed by atoms with Crippen molar-refractivity contribution in [2.24, 2.45) is 0 Å². The number of carboxylic acid groups (broad SMARTS) is 1. The molecule has 1 fully saturated rings. The van der Waals surface area contributed by atoms with Crippen molar-refractivity contribution in [3.05, 3.63) is 94.7 Å². The Bertz CT molecular complexity index is 1450. The Hall–Kier alpha value is -3.77. The molecule has 1 aromatic heterocycles. The molecule has 6 rings (SSSR count). The molecular formula is C32H34N2O4. The third-order valence-electron chi connectivity index (χ3n) is 8.32. The van der Waals surface area contributed by atoms with Crippen molar-refractivity contribution in [1.82, 2.24) is 4.98 Å². The minimum Gasteiger partial charge on any atom is -0.544 e. The number of rotatable bonds is 7. The molecule has 0 unspecified atom stereocenters. The topological polar surface area (TPSA) is 91.0 Å². The Morgan fingerprint density at radius 3 is 2.61 bits per heavy atom. The van der Waals surface area contributed by atoms with Gasteiger partial charge in [0.15, 0.2) is 6.04 Å². The Morgan fingerprint density at radius 2 is 1.79 bits per heavy atom. The number of fused-ring (bicyclic) bond motifs is 3. The highest BCUT2D eigenvalue weighted by molar-refractivity contribution is 5.86. The van der Waals surface area contributed by atoms with E-state index in [0.717, 1.165) is 44.8 Å². The molecule has 2 heterocycles. The molecule has 1 aliphatic heterocycles. The van der Waals surface area contributed by atoms with Gasteiger partial charge in [0, 0.05) is 28.5 Å². The van der Waals surface area contributed by atoms with E-state index in [1.54, 1.807) is 7.11 Å². The van der Waals surface area contributed by atoms with Crippen molar-refractivity contribution in [3.8, 4) is 11.5 Å². The second-order valence-corrected chi connectivity index (χ2v) is 10.6. The van der Waals surface area contributed by atoms with E-state index in [4.69, 9.17) is 9.47 Å². The smallest absolute Gasteiger partial charge is 0.153 e. The fourth-order valence-electron chi connectivity index (χ4n) is 6.39. The minimum absolute atomic E-state index is 0.201. The number of aliphatic carboxylic acids is 1. The molecule has 6 nitrogen and oxygen atoms in total. The van der Waals surface area contributed by atoms with Gasteiger partial charge in [0.1, 0.15) is 24.1 Å². The van der Waals surface area contributed by atoms with Gasteiger partial charge in [-0.2, -0.15) is 0 Å². The van der Waals surface area contributed by atoms with Crippen molar-refractivity contribution in [2.45, 2.75) is 63.1 Å². The van der Waals surface area contributed by atoms with Crippen LogP contribution in [0.5, 0.6) is 11.5 Å². The number of quaternary nitrogens is 1. The number of aromatic amines is 1. The molecule has 0 spiro atoms. The number of methoxy groups -OCH3 is 1. The first-order chi connectivity index (χ1) is 18.6. The zero-order valence-electron chi connectivity index (χ0n) is 21.7. The zero-order valence-corrected chi connectivity index (χ0v) is 21.7. The molecule has 2 aliphatic rings. The summed E-state index contributed by atoms with van der Waals surface area (Å²) in [4.78, 5) is 15.6. The Balaban J connectivity index is 1.32. The van der Waals surface area contributed by atoms with Crippen LogP contribution in [0.1, 0.15) is 72.0 Å². The standard InChI is InChI=1S/C32H34N2O4/c1-37-28-16-15-21(17-22(28)19-38-29-14-8-6-11-23(29)20-9-3-2-4-10-20)30-31-25(18-27(34-30)32(35)36)24-12-5-7-13-26(24)33-31/h5-8,11-17,20,27,30,33-34H,2-4,9-10,18-19H2,1H3,(H,35,36)/t27-,30+/m0/s1. The first-order valence-corrected chi connectivity index (χ1v) is 13.7. The second kappa shape index (κ2) is 10.5. The van der Waals surface area contributed by atoms with Crippen LogP contribution < -0.4 is 19.9 Å². The number of aromatic nitrogens is 1. The second-order valence-electron chi connectivity index (χ2n) is 10.6. The van der Waals surface area contributed by atoms with Crippen LogP contribution in [0.2, 0.25) is 0 Å². The molecule has 0 saturated heterocycles. The van der Waals surface area contributed by atoms with E-state index in [0.29, 0.717) is 18.9 Å². The Labute approximate surface area is 223 Å². The number of carbonyl (C=O) groups excluding carboxylic acids is 1. The quantitative estimate of drug-likeness (QED) is 0.391. The number of H-pyrrole nitrogens is 1. The van der Waals surface area contributed by atoms with E-state index in [9.17, 15) is 9.90 Å². The van der Waals surface area contributed by atoms with Gasteiger partial charge >= 0.3 is 0 Å². The van der Waals surface area contributed by atoms with Crippen molar-refractivity contribution in [3.63, 3.8) is 0 Å². The number of carboxylic acids is 1. The largest absolute Gasteiger partial charge is 0.544 e. The van der Waals surface area contributed by atoms with Gasteiger partial charge in [0.05, 0.1) is 18.8 Å². The number of benzene rings is 3. The third kappa shape index (κ3) is 4.65. The third-order valence-corrected chi connectivity index (χ3v) is 8.32. The zero-order chi connectivity index (χ0) is 26.1. The van der Waals surface area contributed by atoms with Crippen LogP contribution >= 0.6 is 0 Å². The summed E-state index contributed by atoms with van der Waals surface area (Å²) >= 11 is 0. The lowest BCUT2D eigenvalue weighted by Gasteiger charge is -2.29. The summed E-state index contributed by atoms with van der Waals surface area (Å²) < 4.78 is 12.1. The molecule has 3 N–H and O–H groups in total. The molecule has 0 amide bonds. The normalized spacial score (nSPS) is 19.7. The van der Waals surface area contributed by atoms with Crippen LogP contribution in [0.25, 0.3) is 10.9 Å². The van der Waals surface area contributed by atoms with Crippen molar-refractivity contribution in [2.75, 3.05) is 7.11 Å². The van der Waals surface area contributed by atoms with E-state index in [2.05, 4.69) is 35.3 Å². The van der Waals surface area contributed by atoms with Crippen LogP contribution in [0.4, 0.5) is 0 Å². The number of nitrogens with one attached hydrogen (secondary N) is 1. The molecule has 1 saturated carbocycles. The summed E-state index contributed by atoms with van der Waals surface area (Å²) in [6.07, 6.45) is 6.72. The summed E-state index contributed by atoms with van der Waals surface area (Å²) in [5.41, 5.74) is 6.35. The summed E-state index contributed by atoms with van der Waals surface area (Å²) in [5, 5.41) is 15.0. The van der Waals surface area contributed by atoms with E-state index >= 15 is 0 Å². The summed E-state index contributed by atoms with van der Waals surface area (Å²) in [5.74, 6) is 1.20. The summed E-state index contributed by atoms with van der Waals surface area (Å²) in [6.45, 7) is 0.372. The van der Waals surface area contributed by atoms with Crippen LogP contribution in [0, 0.1) is 0 Å². The highest BCUT2D eigenvalue weighted by atomic mass is 16.5. The molecule has 3 aromatic carbocycles. The maximum atomic E-state index is 12.0. The van der Waals surface area contributed by atoms with Gasteiger partial charge < -0.3 is 29.7 Å². The van der Waals surface area contributed by atoms with Crippen LogP contribution in [0.3, 0.4) is 0 Å². The molecular weight excluding hydrogens is 476 g/mol. The van der Waals surface area contributed by atoms with Gasteiger partial charge in [0.25, 0.3) is 0 Å². The van der Waals surface area contributed by atoms with Gasteiger partial charge in [-0.05, 0) is 60.2 Å². The monoisotopic (exact) mass is 510 g/mol. The van der Waals surface area contributed by atoms with Gasteiger partial charge in [-0.15, -0.1) is 0 Å². The molecule has 6 heteroatoms. The van der Waals surface area contributed by atoms with Gasteiger partial charge in [-0.1, -0.05) is 55.7 Å². The van der Waals surface area contributed by atoms with Crippen molar-refractivity contribution >= 4 is 16.9 Å². The molecule has 196 valence electrons. The van der Waals surface area contributed by atoms with Crippen molar-refractivity contribution in [1.29, 1.82) is 0 Å². The number of carbonyl (C=O) groups is 1. The molecule has 2 atom stereocenters. The van der Waals surface area contributed by atoms with Gasteiger partial charge in [0.2, 0.25) is 0 Å². The van der Waals surface area contributed by atoms with Gasteiger partial charge in [-0.25, -0.2) is 0 Å². The van der Waals surface area contributed by atoms with E-state index < -0.39 is 12.0 Å². The average molecular weight is 511 g/mol. The lowest BCUT2D eigenvalue weighted by molar-refractivity contribution is -0.717. The molecule has 4 aromatic rings. The van der Waals surface area contributed by atoms with Crippen LogP contribution in [-0.4, -0.2) is 24.1 Å². The van der Waals surface area contributed by atoms with E-state index in [1.165, 1.54) is 37.7 Å². The highest BCUT2D eigenvalue weighted by Gasteiger charge is 2.35. The van der Waals surface area contributed by atoms with E-state index in [1.807, 2.05) is 41.7 Å². The fourth-order valence-corrected chi connectivity index (χ4v) is 6.39. The number of ether oxygens (including phenoxy) is 2. The molecule has 0 bridgehead atoms. The molecule has 38 heavy (non-hydrogen) atoms. The maximum Gasteiger partial charge on any atom is 0.153 e. The summed E-state index contributed by atoms with van der Waals surface area (Å²) in [7, 11) is 1.67. The van der Waals surface area contributed by atoms with Crippen LogP contribution in [-0.2, 0) is 17.8 Å². The Kier molecular flexibility index (Phi) is 6.81. The van der Waals surface area contributed by atoms with E-state index in [-0.39, 0.29) is 6.04 Å². The molecule has 1 aliphatic carbocycles. The predicted octanol–water partition coefficient (Wildman–Crippen LogP) is 4.13. The van der Waals surface area contributed by atoms with Crippen LogP contribution in [0.15, 0.2) is 66.7 Å². The molecule has 0 radical (unpaired) electrons. The average Bonchev–Trinajstić information content (AvgIpc) is 3.35. The number of hydrogen-bond acceptors (Lipinski definition) is 4. The maximum absolute atomic E-state index is 12.0. The summed E-state index contributed by atoms with van der Waals surface area (Å²) in [6, 6.07) is 21.7. The van der Waals surface area contributed by atoms with Gasteiger partial charge in [-0.3, -0.25) is 0 Å².